The summed E-state index contributed by atoms with van der Waals surface area (Å²) in [5.74, 6) is 0. The fourth-order valence-electron chi connectivity index (χ4n) is 3.23. The number of hydrogen-bond acceptors (Lipinski definition) is 3. The molecule has 128 valence electrons. The van der Waals surface area contributed by atoms with Gasteiger partial charge in [0.05, 0.1) is 6.26 Å². The van der Waals surface area contributed by atoms with Gasteiger partial charge < -0.3 is 4.90 Å². The predicted molar refractivity (Wildman–Crippen MR) is 99.4 cm³/mol. The Morgan fingerprint density at radius 1 is 0.958 bits per heavy atom. The van der Waals surface area contributed by atoms with E-state index in [1.54, 1.807) is 7.05 Å². The summed E-state index contributed by atoms with van der Waals surface area (Å²) in [4.78, 5) is 2.34. The summed E-state index contributed by atoms with van der Waals surface area (Å²) in [6.45, 7) is 1.33. The molecule has 0 fully saturated rings. The third-order valence-corrected chi connectivity index (χ3v) is 5.96. The van der Waals surface area contributed by atoms with E-state index in [1.807, 2.05) is 0 Å². The number of sulfonamides is 1. The molecular formula is C19H24N2O2S. The van der Waals surface area contributed by atoms with Gasteiger partial charge in [0.25, 0.3) is 0 Å². The highest BCUT2D eigenvalue weighted by Gasteiger charge is 2.20. The number of hydrogen-bond donors (Lipinski definition) is 0. The van der Waals surface area contributed by atoms with E-state index in [2.05, 4.69) is 53.4 Å². The zero-order valence-corrected chi connectivity index (χ0v) is 15.1. The Labute approximate surface area is 144 Å². The third kappa shape index (κ3) is 3.62. The summed E-state index contributed by atoms with van der Waals surface area (Å²) < 4.78 is 24.6. The molecule has 3 rings (SSSR count). The van der Waals surface area contributed by atoms with E-state index >= 15 is 0 Å². The van der Waals surface area contributed by atoms with Crippen molar-refractivity contribution < 1.29 is 8.42 Å². The van der Waals surface area contributed by atoms with E-state index in [0.29, 0.717) is 6.54 Å². The minimum Gasteiger partial charge on any atom is -0.341 e. The average molecular weight is 344 g/mol. The van der Waals surface area contributed by atoms with Crippen molar-refractivity contribution in [2.24, 2.45) is 0 Å². The molecule has 24 heavy (non-hydrogen) atoms. The van der Waals surface area contributed by atoms with E-state index in [4.69, 9.17) is 0 Å². The molecule has 5 heteroatoms. The first-order chi connectivity index (χ1) is 11.5. The van der Waals surface area contributed by atoms with Crippen LogP contribution in [0.2, 0.25) is 0 Å². The lowest BCUT2D eigenvalue weighted by Crippen LogP contribution is -2.29. The van der Waals surface area contributed by atoms with Crippen LogP contribution in [0.15, 0.2) is 48.5 Å². The predicted octanol–water partition coefficient (Wildman–Crippen LogP) is 3.20. The highest BCUT2D eigenvalue weighted by Crippen LogP contribution is 2.35. The normalized spacial score (nSPS) is 14.2. The van der Waals surface area contributed by atoms with Gasteiger partial charge in [-0.05, 0) is 42.5 Å². The quantitative estimate of drug-likeness (QED) is 0.836. The molecule has 0 amide bonds. The van der Waals surface area contributed by atoms with Crippen molar-refractivity contribution in [2.45, 2.75) is 19.3 Å². The maximum Gasteiger partial charge on any atom is 0.210 e. The van der Waals surface area contributed by atoms with Gasteiger partial charge >= 0.3 is 0 Å². The molecule has 0 atom stereocenters. The number of para-hydroxylation sites is 2. The Bertz CT molecular complexity index is 770. The van der Waals surface area contributed by atoms with E-state index in [0.717, 1.165) is 25.8 Å². The Hall–Kier alpha value is -1.85. The van der Waals surface area contributed by atoms with Crippen LogP contribution in [-0.2, 0) is 22.9 Å². The van der Waals surface area contributed by atoms with Crippen LogP contribution in [-0.4, -0.2) is 39.1 Å². The topological polar surface area (TPSA) is 40.6 Å². The van der Waals surface area contributed by atoms with Gasteiger partial charge in [-0.2, -0.15) is 0 Å². The molecule has 1 heterocycles. The first kappa shape index (κ1) is 17.0. The standard InChI is InChI=1S/C19H24N2O2S/c1-20(24(2,22)23)14-7-15-21-18-10-5-3-8-16(18)12-13-17-9-4-6-11-19(17)21/h3-6,8-11H,7,12-15H2,1-2H3. The fourth-order valence-corrected chi connectivity index (χ4v) is 3.69. The highest BCUT2D eigenvalue weighted by molar-refractivity contribution is 7.88. The van der Waals surface area contributed by atoms with Crippen LogP contribution in [0, 0.1) is 0 Å². The Morgan fingerprint density at radius 2 is 1.46 bits per heavy atom. The third-order valence-electron chi connectivity index (χ3n) is 4.65. The lowest BCUT2D eigenvalue weighted by atomic mass is 10.0. The van der Waals surface area contributed by atoms with Crippen molar-refractivity contribution in [1.82, 2.24) is 4.31 Å². The minimum atomic E-state index is -3.12. The highest BCUT2D eigenvalue weighted by atomic mass is 32.2. The van der Waals surface area contributed by atoms with Gasteiger partial charge in [-0.15, -0.1) is 0 Å². The molecule has 0 aromatic heterocycles. The molecule has 0 spiro atoms. The minimum absolute atomic E-state index is 0.527. The van der Waals surface area contributed by atoms with Crippen LogP contribution in [0.5, 0.6) is 0 Å². The van der Waals surface area contributed by atoms with Gasteiger partial charge in [0.15, 0.2) is 0 Å². The molecular weight excluding hydrogens is 320 g/mol. The molecule has 1 aliphatic rings. The molecule has 1 aliphatic heterocycles. The van der Waals surface area contributed by atoms with Crippen molar-refractivity contribution in [2.75, 3.05) is 31.3 Å². The van der Waals surface area contributed by atoms with Crippen molar-refractivity contribution in [3.8, 4) is 0 Å². The maximum absolute atomic E-state index is 11.6. The number of benzene rings is 2. The van der Waals surface area contributed by atoms with Crippen LogP contribution in [0.3, 0.4) is 0 Å². The summed E-state index contributed by atoms with van der Waals surface area (Å²) in [5.41, 5.74) is 5.18. The Balaban J connectivity index is 1.86. The molecule has 0 aliphatic carbocycles. The van der Waals surface area contributed by atoms with Gasteiger partial charge in [-0.3, -0.25) is 0 Å². The van der Waals surface area contributed by atoms with Gasteiger partial charge in [0, 0.05) is 31.5 Å². The van der Waals surface area contributed by atoms with Crippen LogP contribution in [0.1, 0.15) is 17.5 Å². The van der Waals surface area contributed by atoms with Crippen LogP contribution >= 0.6 is 0 Å². The average Bonchev–Trinajstić information content (AvgIpc) is 2.72. The van der Waals surface area contributed by atoms with Crippen LogP contribution < -0.4 is 4.90 Å². The number of anilines is 2. The van der Waals surface area contributed by atoms with Crippen molar-refractivity contribution in [3.05, 3.63) is 59.7 Å². The number of aryl methyl sites for hydroxylation is 2. The Morgan fingerprint density at radius 3 is 1.96 bits per heavy atom. The van der Waals surface area contributed by atoms with Crippen LogP contribution in [0.25, 0.3) is 0 Å². The van der Waals surface area contributed by atoms with E-state index in [9.17, 15) is 8.42 Å². The van der Waals surface area contributed by atoms with E-state index in [-0.39, 0.29) is 0 Å². The van der Waals surface area contributed by atoms with Crippen molar-refractivity contribution in [3.63, 3.8) is 0 Å². The summed E-state index contributed by atoms with van der Waals surface area (Å²) in [6.07, 6.45) is 4.11. The maximum atomic E-state index is 11.6. The Kier molecular flexibility index (Phi) is 4.92. The lowest BCUT2D eigenvalue weighted by Gasteiger charge is -2.27. The second-order valence-electron chi connectivity index (χ2n) is 6.35. The molecule has 0 unspecified atom stereocenters. The molecule has 2 aromatic carbocycles. The molecule has 0 N–H and O–H groups in total. The van der Waals surface area contributed by atoms with E-state index < -0.39 is 10.0 Å². The van der Waals surface area contributed by atoms with Gasteiger partial charge in [-0.25, -0.2) is 12.7 Å². The van der Waals surface area contributed by atoms with E-state index in [1.165, 1.54) is 33.1 Å². The number of rotatable bonds is 5. The smallest absolute Gasteiger partial charge is 0.210 e. The van der Waals surface area contributed by atoms with Crippen molar-refractivity contribution >= 4 is 21.4 Å². The molecule has 0 saturated carbocycles. The molecule has 0 bridgehead atoms. The summed E-state index contributed by atoms with van der Waals surface area (Å²) in [5, 5.41) is 0. The first-order valence-electron chi connectivity index (χ1n) is 8.31. The molecule has 0 saturated heterocycles. The zero-order valence-electron chi connectivity index (χ0n) is 14.3. The SMILES string of the molecule is CN(CCCN1c2ccccc2CCc2ccccc21)S(C)(=O)=O. The van der Waals surface area contributed by atoms with Crippen molar-refractivity contribution in [1.29, 1.82) is 0 Å². The second kappa shape index (κ2) is 6.95. The molecule has 4 nitrogen and oxygen atoms in total. The zero-order chi connectivity index (χ0) is 17.2. The van der Waals surface area contributed by atoms with Crippen LogP contribution in [0.4, 0.5) is 11.4 Å². The fraction of sp³-hybridized carbons (Fsp3) is 0.368. The summed E-state index contributed by atoms with van der Waals surface area (Å²) >= 11 is 0. The lowest BCUT2D eigenvalue weighted by molar-refractivity contribution is 0.468. The summed E-state index contributed by atoms with van der Waals surface area (Å²) in [6, 6.07) is 17.0. The van der Waals surface area contributed by atoms with Gasteiger partial charge in [0.2, 0.25) is 10.0 Å². The first-order valence-corrected chi connectivity index (χ1v) is 10.2. The number of fused-ring (bicyclic) bond motifs is 2. The summed E-state index contributed by atoms with van der Waals surface area (Å²) in [7, 11) is -1.48. The largest absolute Gasteiger partial charge is 0.341 e. The second-order valence-corrected chi connectivity index (χ2v) is 8.44. The van der Waals surface area contributed by atoms with Gasteiger partial charge in [0.1, 0.15) is 0 Å². The number of nitrogens with zero attached hydrogens (tertiary/aromatic N) is 2. The molecule has 2 aromatic rings. The molecule has 0 radical (unpaired) electrons. The monoisotopic (exact) mass is 344 g/mol. The van der Waals surface area contributed by atoms with Gasteiger partial charge in [-0.1, -0.05) is 36.4 Å².